The molecule has 2 N–H and O–H groups in total. The molecule has 88 valence electrons. The first-order valence-electron chi connectivity index (χ1n) is 5.67. The number of hydrogen-bond donors (Lipinski definition) is 2. The highest BCUT2D eigenvalue weighted by atomic mass is 16.5. The summed E-state index contributed by atoms with van der Waals surface area (Å²) in [5.74, 6) is 0.602. The summed E-state index contributed by atoms with van der Waals surface area (Å²) in [5, 5.41) is 9.96. The summed E-state index contributed by atoms with van der Waals surface area (Å²) in [6.07, 6.45) is 0. The number of aromatic nitrogens is 2. The van der Waals surface area contributed by atoms with Crippen LogP contribution in [-0.2, 0) is 0 Å². The Hall–Kier alpha value is -2.27. The molecule has 0 aliphatic rings. The molecule has 0 bridgehead atoms. The quantitative estimate of drug-likeness (QED) is 0.676. The number of imidazole rings is 1. The Morgan fingerprint density at radius 3 is 2.50 bits per heavy atom. The second kappa shape index (κ2) is 4.54. The number of fused-ring (bicyclic) bond motifs is 1. The van der Waals surface area contributed by atoms with Crippen LogP contribution in [0.3, 0.4) is 0 Å². The largest absolute Gasteiger partial charge is 0.597 e. The van der Waals surface area contributed by atoms with Gasteiger partial charge in [0.15, 0.2) is 5.72 Å². The molecule has 0 saturated carbocycles. The molecular weight excluding hydrogens is 227 g/mol. The second-order valence-electron chi connectivity index (χ2n) is 3.92. The first-order valence-corrected chi connectivity index (χ1v) is 5.67. The predicted octanol–water partition coefficient (Wildman–Crippen LogP) is 1.33. The van der Waals surface area contributed by atoms with Crippen molar-refractivity contribution in [3.63, 3.8) is 0 Å². The highest BCUT2D eigenvalue weighted by molar-refractivity contribution is 6.59. The fourth-order valence-electron chi connectivity index (χ4n) is 1.77. The number of H-pyrrole nitrogens is 1. The molecule has 0 fully saturated rings. The maximum absolute atomic E-state index is 9.96. The fraction of sp³-hybridized carbons (Fsp3) is 0. The topological polar surface area (TPSA) is 58.1 Å². The van der Waals surface area contributed by atoms with Crippen molar-refractivity contribution in [2.45, 2.75) is 0 Å². The molecule has 0 atom stereocenters. The lowest BCUT2D eigenvalue weighted by molar-refractivity contribution is 0.430. The number of aromatic amines is 1. The van der Waals surface area contributed by atoms with Crippen LogP contribution in [0.1, 0.15) is 0 Å². The zero-order valence-corrected chi connectivity index (χ0v) is 9.58. The lowest BCUT2D eigenvalue weighted by Crippen LogP contribution is -2.39. The van der Waals surface area contributed by atoms with Gasteiger partial charge in [0.25, 0.3) is 0 Å². The van der Waals surface area contributed by atoms with Gasteiger partial charge in [0.05, 0.1) is 11.0 Å². The van der Waals surface area contributed by atoms with Crippen LogP contribution in [0.15, 0.2) is 54.6 Å². The van der Waals surface area contributed by atoms with Gasteiger partial charge in [-0.15, -0.1) is 0 Å². The maximum Gasteiger partial charge on any atom is 0.597 e. The molecule has 1 heterocycles. The summed E-state index contributed by atoms with van der Waals surface area (Å²) in [6.45, 7) is 0. The molecule has 3 rings (SSSR count). The maximum atomic E-state index is 9.96. The summed E-state index contributed by atoms with van der Waals surface area (Å²) in [4.78, 5) is 7.31. The van der Waals surface area contributed by atoms with Crippen molar-refractivity contribution in [3.8, 4) is 5.75 Å². The van der Waals surface area contributed by atoms with E-state index in [0.29, 0.717) is 11.5 Å². The van der Waals surface area contributed by atoms with Crippen molar-refractivity contribution in [2.24, 2.45) is 0 Å². The van der Waals surface area contributed by atoms with Crippen LogP contribution in [0.25, 0.3) is 11.0 Å². The predicted molar refractivity (Wildman–Crippen MR) is 70.8 cm³/mol. The number of nitrogens with zero attached hydrogens (tertiary/aromatic N) is 1. The zero-order valence-electron chi connectivity index (χ0n) is 9.58. The minimum Gasteiger partial charge on any atom is -0.531 e. The van der Waals surface area contributed by atoms with Crippen LogP contribution in [0.4, 0.5) is 0 Å². The van der Waals surface area contributed by atoms with Gasteiger partial charge in [-0.05, 0) is 24.3 Å². The van der Waals surface area contributed by atoms with Crippen molar-refractivity contribution in [1.82, 2.24) is 9.97 Å². The Morgan fingerprint density at radius 2 is 1.72 bits per heavy atom. The van der Waals surface area contributed by atoms with Gasteiger partial charge < -0.3 is 14.7 Å². The number of nitrogens with one attached hydrogen (secondary N) is 1. The van der Waals surface area contributed by atoms with Crippen LogP contribution in [0.2, 0.25) is 0 Å². The standard InChI is InChI=1S/C13H11BN2O2/c17-14(18-10-6-2-1-3-7-10)13-15-11-8-4-5-9-12(11)16-13/h1-9,17H,(H,15,16). The molecule has 2 aromatic carbocycles. The van der Waals surface area contributed by atoms with Crippen LogP contribution in [0, 0.1) is 0 Å². The summed E-state index contributed by atoms with van der Waals surface area (Å²) in [5.41, 5.74) is 2.09. The average molecular weight is 238 g/mol. The summed E-state index contributed by atoms with van der Waals surface area (Å²) < 4.78 is 5.39. The fourth-order valence-corrected chi connectivity index (χ4v) is 1.77. The van der Waals surface area contributed by atoms with E-state index in [1.54, 1.807) is 12.1 Å². The third-order valence-corrected chi connectivity index (χ3v) is 2.63. The molecule has 0 amide bonds. The third-order valence-electron chi connectivity index (χ3n) is 2.63. The molecule has 5 heteroatoms. The van der Waals surface area contributed by atoms with E-state index in [1.807, 2.05) is 42.5 Å². The van der Waals surface area contributed by atoms with Gasteiger partial charge in [0, 0.05) is 0 Å². The van der Waals surface area contributed by atoms with E-state index in [4.69, 9.17) is 4.65 Å². The van der Waals surface area contributed by atoms with Gasteiger partial charge in [-0.25, -0.2) is 4.98 Å². The third kappa shape index (κ3) is 2.08. The number of benzene rings is 2. The van der Waals surface area contributed by atoms with Crippen molar-refractivity contribution in [1.29, 1.82) is 0 Å². The van der Waals surface area contributed by atoms with Gasteiger partial charge >= 0.3 is 7.12 Å². The van der Waals surface area contributed by atoms with E-state index < -0.39 is 7.12 Å². The van der Waals surface area contributed by atoms with Crippen molar-refractivity contribution < 1.29 is 9.68 Å². The minimum atomic E-state index is -1.10. The molecule has 0 unspecified atom stereocenters. The smallest absolute Gasteiger partial charge is 0.531 e. The Bertz CT molecular complexity index is 621. The summed E-state index contributed by atoms with van der Waals surface area (Å²) in [7, 11) is -1.10. The van der Waals surface area contributed by atoms with Crippen LogP contribution in [-0.4, -0.2) is 22.1 Å². The molecular formula is C13H11BN2O2. The first-order chi connectivity index (χ1) is 8.83. The van der Waals surface area contributed by atoms with Crippen molar-refractivity contribution in [3.05, 3.63) is 54.6 Å². The molecule has 4 nitrogen and oxygen atoms in total. The van der Waals surface area contributed by atoms with Gasteiger partial charge in [-0.2, -0.15) is 0 Å². The molecule has 0 saturated heterocycles. The Balaban J connectivity index is 1.86. The van der Waals surface area contributed by atoms with E-state index in [-0.39, 0.29) is 0 Å². The van der Waals surface area contributed by atoms with Crippen LogP contribution < -0.4 is 10.4 Å². The number of hydrogen-bond acceptors (Lipinski definition) is 3. The SMILES string of the molecule is OB(Oc1ccccc1)c1nc2ccccc2[nH]1. The number of rotatable bonds is 3. The summed E-state index contributed by atoms with van der Waals surface area (Å²) >= 11 is 0. The normalized spacial score (nSPS) is 10.5. The second-order valence-corrected chi connectivity index (χ2v) is 3.92. The lowest BCUT2D eigenvalue weighted by atomic mass is 9.90. The molecule has 1 aromatic heterocycles. The highest BCUT2D eigenvalue weighted by Gasteiger charge is 2.23. The van der Waals surface area contributed by atoms with E-state index in [9.17, 15) is 5.02 Å². The molecule has 0 aliphatic heterocycles. The molecule has 18 heavy (non-hydrogen) atoms. The van der Waals surface area contributed by atoms with Gasteiger partial charge in [-0.1, -0.05) is 30.3 Å². The minimum absolute atomic E-state index is 0.403. The average Bonchev–Trinajstić information content (AvgIpc) is 2.84. The Morgan fingerprint density at radius 1 is 1.00 bits per heavy atom. The van der Waals surface area contributed by atoms with E-state index in [0.717, 1.165) is 11.0 Å². The zero-order chi connectivity index (χ0) is 12.4. The van der Waals surface area contributed by atoms with Crippen LogP contribution in [0.5, 0.6) is 5.75 Å². The van der Waals surface area contributed by atoms with Gasteiger partial charge in [0.2, 0.25) is 0 Å². The lowest BCUT2D eigenvalue weighted by Gasteiger charge is -2.06. The van der Waals surface area contributed by atoms with E-state index in [2.05, 4.69) is 9.97 Å². The summed E-state index contributed by atoms with van der Waals surface area (Å²) in [6, 6.07) is 16.7. The number of para-hydroxylation sites is 3. The molecule has 3 aromatic rings. The van der Waals surface area contributed by atoms with Crippen LogP contribution >= 0.6 is 0 Å². The van der Waals surface area contributed by atoms with Crippen molar-refractivity contribution in [2.75, 3.05) is 0 Å². The highest BCUT2D eigenvalue weighted by Crippen LogP contribution is 2.10. The molecule has 0 spiro atoms. The van der Waals surface area contributed by atoms with Gasteiger partial charge in [-0.3, -0.25) is 0 Å². The van der Waals surface area contributed by atoms with Gasteiger partial charge in [0.1, 0.15) is 5.75 Å². The molecule has 0 radical (unpaired) electrons. The Kier molecular flexibility index (Phi) is 2.74. The Labute approximate surface area is 104 Å². The first kappa shape index (κ1) is 10.9. The monoisotopic (exact) mass is 238 g/mol. The van der Waals surface area contributed by atoms with E-state index in [1.165, 1.54) is 0 Å². The van der Waals surface area contributed by atoms with Crippen molar-refractivity contribution >= 4 is 23.9 Å². The molecule has 0 aliphatic carbocycles. The van der Waals surface area contributed by atoms with E-state index >= 15 is 0 Å².